The zero-order valence-corrected chi connectivity index (χ0v) is 10.2. The van der Waals surface area contributed by atoms with Crippen LogP contribution in [0.4, 0.5) is 8.78 Å². The molecule has 0 amide bonds. The lowest BCUT2D eigenvalue weighted by molar-refractivity contribution is 0.0515. The standard InChI is InChI=1S/C13H12F2N2O2/c1-2-19-13(18)11-8-10(12(14)15)16-17(11)9-6-4-3-5-7-9/h3-8,12H,2H2,1H3. The van der Waals surface area contributed by atoms with Crippen LogP contribution < -0.4 is 0 Å². The molecule has 0 aliphatic rings. The van der Waals surface area contributed by atoms with E-state index in [9.17, 15) is 13.6 Å². The van der Waals surface area contributed by atoms with Crippen molar-refractivity contribution in [2.24, 2.45) is 0 Å². The monoisotopic (exact) mass is 266 g/mol. The summed E-state index contributed by atoms with van der Waals surface area (Å²) in [6.07, 6.45) is -2.74. The van der Waals surface area contributed by atoms with Gasteiger partial charge in [0.15, 0.2) is 5.69 Å². The Kier molecular flexibility index (Phi) is 3.89. The Hall–Kier alpha value is -2.24. The molecule has 1 heterocycles. The Bertz CT molecular complexity index is 567. The highest BCUT2D eigenvalue weighted by atomic mass is 19.3. The van der Waals surface area contributed by atoms with Gasteiger partial charge in [-0.3, -0.25) is 0 Å². The summed E-state index contributed by atoms with van der Waals surface area (Å²) in [5.74, 6) is -0.675. The number of alkyl halides is 2. The molecule has 0 radical (unpaired) electrons. The number of nitrogens with zero attached hydrogens (tertiary/aromatic N) is 2. The van der Waals surface area contributed by atoms with Crippen LogP contribution in [0.3, 0.4) is 0 Å². The molecule has 2 rings (SSSR count). The first-order valence-corrected chi connectivity index (χ1v) is 5.74. The van der Waals surface area contributed by atoms with Gasteiger partial charge in [-0.2, -0.15) is 5.10 Å². The summed E-state index contributed by atoms with van der Waals surface area (Å²) in [5, 5.41) is 3.75. The van der Waals surface area contributed by atoms with Crippen molar-refractivity contribution in [3.8, 4) is 5.69 Å². The first kappa shape index (κ1) is 13.2. The predicted octanol–water partition coefficient (Wildman–Crippen LogP) is 2.99. The summed E-state index contributed by atoms with van der Waals surface area (Å²) < 4.78 is 31.4. The average Bonchev–Trinajstić information content (AvgIpc) is 2.85. The molecule has 0 atom stereocenters. The lowest BCUT2D eigenvalue weighted by Crippen LogP contribution is -2.11. The molecule has 0 unspecified atom stereocenters. The molecule has 2 aromatic rings. The van der Waals surface area contributed by atoms with Crippen LogP contribution in [0.15, 0.2) is 36.4 Å². The second-order valence-corrected chi connectivity index (χ2v) is 3.72. The van der Waals surface area contributed by atoms with Crippen LogP contribution in [0.25, 0.3) is 5.69 Å². The number of halogens is 2. The van der Waals surface area contributed by atoms with E-state index in [0.717, 1.165) is 6.07 Å². The maximum atomic E-state index is 12.7. The van der Waals surface area contributed by atoms with Crippen molar-refractivity contribution in [1.29, 1.82) is 0 Å². The van der Waals surface area contributed by atoms with Gasteiger partial charge >= 0.3 is 5.97 Å². The van der Waals surface area contributed by atoms with Crippen LogP contribution in [0.1, 0.15) is 29.5 Å². The number of carbonyl (C=O) groups is 1. The molecule has 0 fully saturated rings. The van der Waals surface area contributed by atoms with E-state index in [1.165, 1.54) is 4.68 Å². The van der Waals surface area contributed by atoms with Gasteiger partial charge in [0.25, 0.3) is 6.43 Å². The van der Waals surface area contributed by atoms with Crippen molar-refractivity contribution in [2.75, 3.05) is 6.61 Å². The first-order chi connectivity index (χ1) is 9.13. The molecule has 0 saturated carbocycles. The normalized spacial score (nSPS) is 10.7. The van der Waals surface area contributed by atoms with Gasteiger partial charge in [0.1, 0.15) is 5.69 Å². The summed E-state index contributed by atoms with van der Waals surface area (Å²) in [7, 11) is 0. The van der Waals surface area contributed by atoms with E-state index >= 15 is 0 Å². The molecule has 0 N–H and O–H groups in total. The quantitative estimate of drug-likeness (QED) is 0.799. The molecular formula is C13H12F2N2O2. The maximum absolute atomic E-state index is 12.7. The minimum Gasteiger partial charge on any atom is -0.461 e. The third kappa shape index (κ3) is 2.78. The molecule has 0 aliphatic carbocycles. The number of benzene rings is 1. The molecule has 6 heteroatoms. The molecular weight excluding hydrogens is 254 g/mol. The second-order valence-electron chi connectivity index (χ2n) is 3.72. The number of rotatable bonds is 4. The molecule has 0 spiro atoms. The van der Waals surface area contributed by atoms with Gasteiger partial charge in [-0.25, -0.2) is 18.3 Å². The Balaban J connectivity index is 2.49. The van der Waals surface area contributed by atoms with Crippen LogP contribution in [0, 0.1) is 0 Å². The largest absolute Gasteiger partial charge is 0.461 e. The van der Waals surface area contributed by atoms with Crippen molar-refractivity contribution in [3.63, 3.8) is 0 Å². The van der Waals surface area contributed by atoms with Gasteiger partial charge < -0.3 is 4.74 Å². The first-order valence-electron chi connectivity index (χ1n) is 5.74. The number of para-hydroxylation sites is 1. The molecule has 100 valence electrons. The zero-order chi connectivity index (χ0) is 13.8. The van der Waals surface area contributed by atoms with Crippen molar-refractivity contribution in [2.45, 2.75) is 13.3 Å². The Morgan fingerprint density at radius 1 is 1.37 bits per heavy atom. The van der Waals surface area contributed by atoms with Crippen molar-refractivity contribution in [1.82, 2.24) is 9.78 Å². The highest BCUT2D eigenvalue weighted by Crippen LogP contribution is 2.21. The van der Waals surface area contributed by atoms with Gasteiger partial charge in [0.2, 0.25) is 0 Å². The Morgan fingerprint density at radius 2 is 2.05 bits per heavy atom. The third-order valence-corrected chi connectivity index (χ3v) is 2.44. The lowest BCUT2D eigenvalue weighted by atomic mass is 10.3. The van der Waals surface area contributed by atoms with E-state index in [-0.39, 0.29) is 12.3 Å². The number of carbonyl (C=O) groups excluding carboxylic acids is 1. The fraction of sp³-hybridized carbons (Fsp3) is 0.231. The third-order valence-electron chi connectivity index (χ3n) is 2.44. The van der Waals surface area contributed by atoms with E-state index in [4.69, 9.17) is 4.74 Å². The van der Waals surface area contributed by atoms with E-state index in [0.29, 0.717) is 5.69 Å². The summed E-state index contributed by atoms with van der Waals surface area (Å²) in [6.45, 7) is 1.82. The number of aromatic nitrogens is 2. The number of esters is 1. The highest BCUT2D eigenvalue weighted by Gasteiger charge is 2.21. The molecule has 0 aliphatic heterocycles. The number of hydrogen-bond donors (Lipinski definition) is 0. The van der Waals surface area contributed by atoms with Gasteiger partial charge in [-0.05, 0) is 19.1 Å². The van der Waals surface area contributed by atoms with E-state index in [2.05, 4.69) is 5.10 Å². The van der Waals surface area contributed by atoms with Crippen LogP contribution in [0.5, 0.6) is 0 Å². The van der Waals surface area contributed by atoms with Crippen molar-refractivity contribution < 1.29 is 18.3 Å². The second kappa shape index (κ2) is 5.60. The predicted molar refractivity (Wildman–Crippen MR) is 64.5 cm³/mol. The van der Waals surface area contributed by atoms with Crippen LogP contribution in [-0.4, -0.2) is 22.4 Å². The molecule has 1 aromatic carbocycles. The maximum Gasteiger partial charge on any atom is 0.357 e. The van der Waals surface area contributed by atoms with Gasteiger partial charge in [0, 0.05) is 6.07 Å². The Morgan fingerprint density at radius 3 is 2.63 bits per heavy atom. The molecule has 1 aromatic heterocycles. The number of ether oxygens (including phenoxy) is 1. The molecule has 0 bridgehead atoms. The average molecular weight is 266 g/mol. The lowest BCUT2D eigenvalue weighted by Gasteiger charge is -2.06. The van der Waals surface area contributed by atoms with Gasteiger partial charge in [-0.15, -0.1) is 0 Å². The molecule has 4 nitrogen and oxygen atoms in total. The smallest absolute Gasteiger partial charge is 0.357 e. The van der Waals surface area contributed by atoms with E-state index < -0.39 is 18.1 Å². The summed E-state index contributed by atoms with van der Waals surface area (Å²) in [4.78, 5) is 11.7. The molecule has 0 saturated heterocycles. The van der Waals surface area contributed by atoms with E-state index in [1.807, 2.05) is 0 Å². The van der Waals surface area contributed by atoms with Crippen LogP contribution in [-0.2, 0) is 4.74 Å². The zero-order valence-electron chi connectivity index (χ0n) is 10.2. The molecule has 19 heavy (non-hydrogen) atoms. The minimum absolute atomic E-state index is 0.0108. The van der Waals surface area contributed by atoms with Gasteiger partial charge in [-0.1, -0.05) is 18.2 Å². The van der Waals surface area contributed by atoms with Crippen molar-refractivity contribution in [3.05, 3.63) is 47.8 Å². The summed E-state index contributed by atoms with van der Waals surface area (Å²) >= 11 is 0. The fourth-order valence-corrected chi connectivity index (χ4v) is 1.62. The summed E-state index contributed by atoms with van der Waals surface area (Å²) in [6, 6.07) is 9.64. The van der Waals surface area contributed by atoms with E-state index in [1.54, 1.807) is 37.3 Å². The SMILES string of the molecule is CCOC(=O)c1cc(C(F)F)nn1-c1ccccc1. The Labute approximate surface area is 108 Å². The van der Waals surface area contributed by atoms with Crippen molar-refractivity contribution >= 4 is 5.97 Å². The topological polar surface area (TPSA) is 44.1 Å². The highest BCUT2D eigenvalue weighted by molar-refractivity contribution is 5.88. The summed E-state index contributed by atoms with van der Waals surface area (Å²) in [5.41, 5.74) is 0.0627. The number of hydrogen-bond acceptors (Lipinski definition) is 3. The fourth-order valence-electron chi connectivity index (χ4n) is 1.62. The minimum atomic E-state index is -2.74. The van der Waals surface area contributed by atoms with Crippen LogP contribution in [0.2, 0.25) is 0 Å². The van der Waals surface area contributed by atoms with Crippen LogP contribution >= 0.6 is 0 Å². The van der Waals surface area contributed by atoms with Gasteiger partial charge in [0.05, 0.1) is 12.3 Å².